The fraction of sp³-hybridized carbons (Fsp3) is 0.412. The van der Waals surface area contributed by atoms with E-state index in [0.717, 1.165) is 0 Å². The van der Waals surface area contributed by atoms with Crippen molar-refractivity contribution < 1.29 is 14.5 Å². The van der Waals surface area contributed by atoms with Gasteiger partial charge in [-0.2, -0.15) is 0 Å². The molecule has 1 atom stereocenters. The summed E-state index contributed by atoms with van der Waals surface area (Å²) in [5.74, 6) is 6.70. The number of anilines is 1. The number of aryl methyl sites for hydroxylation is 1. The van der Waals surface area contributed by atoms with E-state index in [0.29, 0.717) is 60.1 Å². The van der Waals surface area contributed by atoms with E-state index in [1.54, 1.807) is 13.1 Å². The van der Waals surface area contributed by atoms with E-state index in [2.05, 4.69) is 32.1 Å². The van der Waals surface area contributed by atoms with Crippen LogP contribution in [-0.4, -0.2) is 49.2 Å². The summed E-state index contributed by atoms with van der Waals surface area (Å²) in [5, 5.41) is 16.9. The van der Waals surface area contributed by atoms with Crippen LogP contribution >= 0.6 is 0 Å². The summed E-state index contributed by atoms with van der Waals surface area (Å²) >= 11 is 0. The number of imidazole rings is 1. The molecule has 142 valence electrons. The van der Waals surface area contributed by atoms with Crippen molar-refractivity contribution in [1.82, 2.24) is 24.8 Å². The standard InChI is InChI=1S/C17H21N7O3/c1-3-24-15-12(26-8-4-7-18)9-20-11(6-5-10(2)25)13(15)21-17(24)14-16(19)23-27-22-14/h9-10,25H,3-4,7-8,18H2,1-2H3,(H2,19,23). The number of aliphatic hydroxyl groups excluding tert-OH is 1. The van der Waals surface area contributed by atoms with Crippen LogP contribution < -0.4 is 16.2 Å². The Bertz CT molecular complexity index is 997. The van der Waals surface area contributed by atoms with E-state index < -0.39 is 6.10 Å². The third kappa shape index (κ3) is 3.69. The molecule has 0 aliphatic carbocycles. The molecule has 0 aliphatic rings. The number of nitrogen functional groups attached to an aromatic ring is 1. The number of hydrogen-bond donors (Lipinski definition) is 3. The van der Waals surface area contributed by atoms with E-state index in [-0.39, 0.29) is 5.82 Å². The van der Waals surface area contributed by atoms with Gasteiger partial charge in [0, 0.05) is 6.54 Å². The number of nitrogens with zero attached hydrogens (tertiary/aromatic N) is 5. The Morgan fingerprint density at radius 3 is 2.85 bits per heavy atom. The summed E-state index contributed by atoms with van der Waals surface area (Å²) in [7, 11) is 0. The van der Waals surface area contributed by atoms with Crippen LogP contribution in [0.4, 0.5) is 5.82 Å². The van der Waals surface area contributed by atoms with Crippen LogP contribution in [-0.2, 0) is 6.54 Å². The first-order valence-electron chi connectivity index (χ1n) is 8.56. The van der Waals surface area contributed by atoms with Gasteiger partial charge in [-0.15, -0.1) is 0 Å². The van der Waals surface area contributed by atoms with Gasteiger partial charge in [0.25, 0.3) is 0 Å². The molecule has 0 saturated heterocycles. The Balaban J connectivity index is 2.24. The van der Waals surface area contributed by atoms with Gasteiger partial charge < -0.3 is 25.9 Å². The Hall–Kier alpha value is -3.16. The monoisotopic (exact) mass is 371 g/mol. The normalized spacial score (nSPS) is 12.0. The molecule has 3 aromatic rings. The summed E-state index contributed by atoms with van der Waals surface area (Å²) in [6.07, 6.45) is 1.51. The van der Waals surface area contributed by atoms with Crippen LogP contribution in [0.5, 0.6) is 5.75 Å². The highest BCUT2D eigenvalue weighted by Crippen LogP contribution is 2.33. The van der Waals surface area contributed by atoms with Crippen molar-refractivity contribution in [3.63, 3.8) is 0 Å². The lowest BCUT2D eigenvalue weighted by Crippen LogP contribution is -2.08. The Morgan fingerprint density at radius 1 is 1.41 bits per heavy atom. The number of aromatic nitrogens is 5. The Labute approximate surface area is 155 Å². The highest BCUT2D eigenvalue weighted by Gasteiger charge is 2.23. The number of fused-ring (bicyclic) bond motifs is 1. The molecule has 0 bridgehead atoms. The van der Waals surface area contributed by atoms with Gasteiger partial charge in [-0.3, -0.25) is 0 Å². The lowest BCUT2D eigenvalue weighted by molar-refractivity contribution is 0.253. The third-order valence-corrected chi connectivity index (χ3v) is 3.78. The van der Waals surface area contributed by atoms with Crippen molar-refractivity contribution >= 4 is 16.9 Å². The van der Waals surface area contributed by atoms with Gasteiger partial charge >= 0.3 is 0 Å². The lowest BCUT2D eigenvalue weighted by Gasteiger charge is -2.10. The summed E-state index contributed by atoms with van der Waals surface area (Å²) in [6, 6.07) is 0. The summed E-state index contributed by atoms with van der Waals surface area (Å²) in [4.78, 5) is 8.97. The van der Waals surface area contributed by atoms with Crippen LogP contribution in [0.15, 0.2) is 10.8 Å². The predicted octanol–water partition coefficient (Wildman–Crippen LogP) is 0.543. The van der Waals surface area contributed by atoms with Gasteiger partial charge in [-0.25, -0.2) is 14.6 Å². The van der Waals surface area contributed by atoms with Crippen molar-refractivity contribution in [2.24, 2.45) is 5.73 Å². The summed E-state index contributed by atoms with van der Waals surface area (Å²) in [5.41, 5.74) is 13.4. The zero-order chi connectivity index (χ0) is 19.4. The van der Waals surface area contributed by atoms with Crippen LogP contribution in [0.2, 0.25) is 0 Å². The molecule has 0 aliphatic heterocycles. The number of nitrogens with two attached hydrogens (primary N) is 2. The van der Waals surface area contributed by atoms with Gasteiger partial charge in [0.1, 0.15) is 22.8 Å². The van der Waals surface area contributed by atoms with Gasteiger partial charge in [0.05, 0.1) is 12.8 Å². The first kappa shape index (κ1) is 18.6. The van der Waals surface area contributed by atoms with E-state index in [1.165, 1.54) is 0 Å². The number of aliphatic hydroxyl groups is 1. The van der Waals surface area contributed by atoms with E-state index in [9.17, 15) is 5.11 Å². The topological polar surface area (TPSA) is 151 Å². The van der Waals surface area contributed by atoms with Crippen LogP contribution in [0.1, 0.15) is 26.0 Å². The molecule has 27 heavy (non-hydrogen) atoms. The number of rotatable bonds is 6. The molecular weight excluding hydrogens is 350 g/mol. The highest BCUT2D eigenvalue weighted by molar-refractivity contribution is 5.89. The van der Waals surface area contributed by atoms with E-state index in [1.807, 2.05) is 11.5 Å². The zero-order valence-corrected chi connectivity index (χ0v) is 15.1. The van der Waals surface area contributed by atoms with Crippen LogP contribution in [0.25, 0.3) is 22.6 Å². The van der Waals surface area contributed by atoms with Crippen molar-refractivity contribution in [3.05, 3.63) is 11.9 Å². The molecular formula is C17H21N7O3. The number of ether oxygens (including phenoxy) is 1. The molecule has 3 heterocycles. The largest absolute Gasteiger partial charge is 0.490 e. The second-order valence-electron chi connectivity index (χ2n) is 5.78. The Kier molecular flexibility index (Phi) is 5.54. The molecule has 0 saturated carbocycles. The number of hydrogen-bond acceptors (Lipinski definition) is 9. The molecule has 0 amide bonds. The molecule has 0 radical (unpaired) electrons. The van der Waals surface area contributed by atoms with Gasteiger partial charge in [0.2, 0.25) is 0 Å². The SMILES string of the molecule is CCn1c(-c2nonc2N)nc2c(C#CC(C)O)ncc(OCCCN)c21. The van der Waals surface area contributed by atoms with Crippen molar-refractivity contribution in [2.45, 2.75) is 32.9 Å². The van der Waals surface area contributed by atoms with E-state index >= 15 is 0 Å². The first-order valence-corrected chi connectivity index (χ1v) is 8.56. The smallest absolute Gasteiger partial charge is 0.199 e. The maximum atomic E-state index is 9.47. The molecule has 0 fully saturated rings. The highest BCUT2D eigenvalue weighted by atomic mass is 16.6. The van der Waals surface area contributed by atoms with Crippen molar-refractivity contribution in [1.29, 1.82) is 0 Å². The molecule has 5 N–H and O–H groups in total. The van der Waals surface area contributed by atoms with Gasteiger partial charge in [0.15, 0.2) is 23.1 Å². The molecule has 0 spiro atoms. The molecule has 10 nitrogen and oxygen atoms in total. The second kappa shape index (κ2) is 8.03. The molecule has 0 aromatic carbocycles. The molecule has 10 heteroatoms. The van der Waals surface area contributed by atoms with Gasteiger partial charge in [-0.05, 0) is 43.0 Å². The van der Waals surface area contributed by atoms with Crippen molar-refractivity contribution in [2.75, 3.05) is 18.9 Å². The molecule has 1 unspecified atom stereocenters. The third-order valence-electron chi connectivity index (χ3n) is 3.78. The van der Waals surface area contributed by atoms with Crippen LogP contribution in [0, 0.1) is 11.8 Å². The average Bonchev–Trinajstić information content (AvgIpc) is 3.23. The average molecular weight is 371 g/mol. The van der Waals surface area contributed by atoms with Crippen molar-refractivity contribution in [3.8, 4) is 29.1 Å². The minimum atomic E-state index is -0.787. The number of pyridine rings is 1. The molecule has 3 rings (SSSR count). The Morgan fingerprint density at radius 2 is 2.22 bits per heavy atom. The maximum Gasteiger partial charge on any atom is 0.199 e. The maximum absolute atomic E-state index is 9.47. The fourth-order valence-corrected chi connectivity index (χ4v) is 2.59. The minimum Gasteiger partial charge on any atom is -0.490 e. The molecule has 3 aromatic heterocycles. The predicted molar refractivity (Wildman–Crippen MR) is 98.6 cm³/mol. The second-order valence-corrected chi connectivity index (χ2v) is 5.78. The quantitative estimate of drug-likeness (QED) is 0.416. The minimum absolute atomic E-state index is 0.134. The summed E-state index contributed by atoms with van der Waals surface area (Å²) in [6.45, 7) is 5.07. The lowest BCUT2D eigenvalue weighted by atomic mass is 10.2. The zero-order valence-electron chi connectivity index (χ0n) is 15.1. The van der Waals surface area contributed by atoms with Gasteiger partial charge in [-0.1, -0.05) is 5.92 Å². The van der Waals surface area contributed by atoms with Crippen LogP contribution in [0.3, 0.4) is 0 Å². The fourth-order valence-electron chi connectivity index (χ4n) is 2.59. The first-order chi connectivity index (χ1) is 13.1. The van der Waals surface area contributed by atoms with E-state index in [4.69, 9.17) is 20.8 Å². The summed E-state index contributed by atoms with van der Waals surface area (Å²) < 4.78 is 12.5.